The summed E-state index contributed by atoms with van der Waals surface area (Å²) >= 11 is 6.08. The molecule has 38 heavy (non-hydrogen) atoms. The van der Waals surface area contributed by atoms with Crippen LogP contribution in [0.4, 0.5) is 11.4 Å². The molecule has 0 fully saturated rings. The Morgan fingerprint density at radius 2 is 1.82 bits per heavy atom. The molecule has 2 heterocycles. The van der Waals surface area contributed by atoms with E-state index in [0.717, 1.165) is 16.9 Å². The molecule has 3 aromatic carbocycles. The first-order chi connectivity index (χ1) is 18.2. The lowest BCUT2D eigenvalue weighted by atomic mass is 9.89. The van der Waals surface area contributed by atoms with Crippen LogP contribution in [0.3, 0.4) is 0 Å². The number of amides is 2. The SMILES string of the molecule is CC(=O)N(c1ccc(Cl)cc1)[C@@H]1C[C@H](C)N(C(=O)c2ccc3c(c2)nnn3CCC(=O)O)c2ccccc21. The van der Waals surface area contributed by atoms with Crippen LogP contribution in [0, 0.1) is 0 Å². The van der Waals surface area contributed by atoms with E-state index in [4.69, 9.17) is 16.7 Å². The first-order valence-corrected chi connectivity index (χ1v) is 12.7. The number of aromatic nitrogens is 3. The molecule has 0 spiro atoms. The fourth-order valence-corrected chi connectivity index (χ4v) is 5.26. The zero-order chi connectivity index (χ0) is 27.0. The van der Waals surface area contributed by atoms with E-state index in [0.29, 0.717) is 28.0 Å². The zero-order valence-electron chi connectivity index (χ0n) is 20.9. The van der Waals surface area contributed by atoms with E-state index in [1.54, 1.807) is 40.1 Å². The number of rotatable bonds is 6. The molecule has 194 valence electrons. The zero-order valence-corrected chi connectivity index (χ0v) is 21.7. The molecule has 9 nitrogen and oxygen atoms in total. The summed E-state index contributed by atoms with van der Waals surface area (Å²) in [7, 11) is 0. The minimum atomic E-state index is -0.920. The van der Waals surface area contributed by atoms with Crippen molar-refractivity contribution in [3.8, 4) is 0 Å². The van der Waals surface area contributed by atoms with Gasteiger partial charge in [-0.15, -0.1) is 5.10 Å². The lowest BCUT2D eigenvalue weighted by Crippen LogP contribution is -2.47. The largest absolute Gasteiger partial charge is 0.481 e. The number of hydrogen-bond acceptors (Lipinski definition) is 5. The van der Waals surface area contributed by atoms with Crippen molar-refractivity contribution in [2.75, 3.05) is 9.80 Å². The number of benzene rings is 3. The Labute approximate surface area is 224 Å². The van der Waals surface area contributed by atoms with Gasteiger partial charge in [-0.1, -0.05) is 35.0 Å². The predicted octanol–water partition coefficient (Wildman–Crippen LogP) is 5.09. The van der Waals surface area contributed by atoms with Crippen molar-refractivity contribution in [1.29, 1.82) is 0 Å². The second-order valence-electron chi connectivity index (χ2n) is 9.36. The van der Waals surface area contributed by atoms with Crippen molar-refractivity contribution >= 4 is 51.8 Å². The molecule has 2 atom stereocenters. The van der Waals surface area contributed by atoms with Gasteiger partial charge in [-0.3, -0.25) is 14.4 Å². The van der Waals surface area contributed by atoms with Crippen LogP contribution >= 0.6 is 11.6 Å². The lowest BCUT2D eigenvalue weighted by molar-refractivity contribution is -0.137. The first-order valence-electron chi connectivity index (χ1n) is 12.3. The second-order valence-corrected chi connectivity index (χ2v) is 9.80. The van der Waals surface area contributed by atoms with Crippen LogP contribution in [-0.4, -0.2) is 43.9 Å². The number of carbonyl (C=O) groups is 3. The van der Waals surface area contributed by atoms with E-state index < -0.39 is 5.97 Å². The Morgan fingerprint density at radius 3 is 2.53 bits per heavy atom. The predicted molar refractivity (Wildman–Crippen MR) is 144 cm³/mol. The molecule has 10 heteroatoms. The average molecular weight is 532 g/mol. The molecule has 1 N–H and O–H groups in total. The molecule has 0 saturated carbocycles. The average Bonchev–Trinajstić information content (AvgIpc) is 3.30. The Balaban J connectivity index is 1.49. The number of carboxylic acid groups (broad SMARTS) is 1. The number of aliphatic carboxylic acids is 1. The van der Waals surface area contributed by atoms with Crippen molar-refractivity contribution < 1.29 is 19.5 Å². The van der Waals surface area contributed by atoms with Crippen LogP contribution in [-0.2, 0) is 16.1 Å². The maximum Gasteiger partial charge on any atom is 0.305 e. The molecule has 5 rings (SSSR count). The highest BCUT2D eigenvalue weighted by Crippen LogP contribution is 2.43. The standard InChI is InChI=1S/C28H26ClN5O4/c1-17-15-26(34(18(2)35)21-10-8-20(29)9-11-21)22-5-3-4-6-24(22)33(17)28(38)19-7-12-25-23(16-19)30-31-32(25)14-13-27(36)37/h3-12,16-17,26H,13-15H2,1-2H3,(H,36,37)/t17-,26+/m0/s1. The summed E-state index contributed by atoms with van der Waals surface area (Å²) in [6.45, 7) is 3.71. The number of fused-ring (bicyclic) bond motifs is 2. The molecule has 1 aromatic heterocycles. The van der Waals surface area contributed by atoms with Crippen molar-refractivity contribution in [2.24, 2.45) is 0 Å². The number of aryl methyl sites for hydroxylation is 1. The summed E-state index contributed by atoms with van der Waals surface area (Å²) in [6.07, 6.45) is 0.467. The fourth-order valence-electron chi connectivity index (χ4n) is 5.13. The minimum absolute atomic E-state index is 0.0737. The van der Waals surface area contributed by atoms with Gasteiger partial charge < -0.3 is 14.9 Å². The van der Waals surface area contributed by atoms with Crippen molar-refractivity contribution in [3.63, 3.8) is 0 Å². The summed E-state index contributed by atoms with van der Waals surface area (Å²) in [6, 6.07) is 19.5. The number of anilines is 2. The Kier molecular flexibility index (Phi) is 6.86. The van der Waals surface area contributed by atoms with Gasteiger partial charge in [0.25, 0.3) is 5.91 Å². The number of halogens is 1. The van der Waals surface area contributed by atoms with Crippen molar-refractivity contribution in [2.45, 2.75) is 45.3 Å². The number of carbonyl (C=O) groups excluding carboxylic acids is 2. The molecule has 0 unspecified atom stereocenters. The number of hydrogen-bond donors (Lipinski definition) is 1. The van der Waals surface area contributed by atoms with E-state index in [2.05, 4.69) is 10.3 Å². The van der Waals surface area contributed by atoms with Crippen LogP contribution in [0.25, 0.3) is 11.0 Å². The molecule has 1 aliphatic rings. The van der Waals surface area contributed by atoms with Gasteiger partial charge in [0.15, 0.2) is 0 Å². The quantitative estimate of drug-likeness (QED) is 0.371. The van der Waals surface area contributed by atoms with Crippen molar-refractivity contribution in [3.05, 3.63) is 82.9 Å². The van der Waals surface area contributed by atoms with Crippen LogP contribution in [0.5, 0.6) is 0 Å². The highest BCUT2D eigenvalue weighted by atomic mass is 35.5. The Bertz CT molecular complexity index is 1530. The van der Waals surface area contributed by atoms with Gasteiger partial charge in [-0.05, 0) is 67.4 Å². The molecule has 0 aliphatic carbocycles. The first kappa shape index (κ1) is 25.4. The fraction of sp³-hybridized carbons (Fsp3) is 0.250. The second kappa shape index (κ2) is 10.3. The molecule has 0 saturated heterocycles. The Hall–Kier alpha value is -4.24. The third kappa shape index (κ3) is 4.72. The van der Waals surface area contributed by atoms with E-state index in [-0.39, 0.29) is 36.9 Å². The highest BCUT2D eigenvalue weighted by molar-refractivity contribution is 6.30. The van der Waals surface area contributed by atoms with E-state index in [1.807, 2.05) is 43.3 Å². The maximum atomic E-state index is 13.9. The highest BCUT2D eigenvalue weighted by Gasteiger charge is 2.38. The molecule has 0 radical (unpaired) electrons. The van der Waals surface area contributed by atoms with E-state index >= 15 is 0 Å². The smallest absolute Gasteiger partial charge is 0.305 e. The topological polar surface area (TPSA) is 109 Å². The molecular weight excluding hydrogens is 506 g/mol. The summed E-state index contributed by atoms with van der Waals surface area (Å²) in [5.41, 5.74) is 3.99. The normalized spacial score (nSPS) is 16.8. The molecule has 1 aliphatic heterocycles. The van der Waals surface area contributed by atoms with Gasteiger partial charge in [-0.2, -0.15) is 0 Å². The van der Waals surface area contributed by atoms with Gasteiger partial charge in [-0.25, -0.2) is 4.68 Å². The van der Waals surface area contributed by atoms with Gasteiger partial charge >= 0.3 is 5.97 Å². The van der Waals surface area contributed by atoms with E-state index in [9.17, 15) is 14.4 Å². The molecule has 0 bridgehead atoms. The third-order valence-electron chi connectivity index (χ3n) is 6.83. The molecule has 2 amide bonds. The van der Waals surface area contributed by atoms with Crippen LogP contribution < -0.4 is 9.80 Å². The summed E-state index contributed by atoms with van der Waals surface area (Å²) in [4.78, 5) is 41.2. The van der Waals surface area contributed by atoms with Gasteiger partial charge in [0.2, 0.25) is 5.91 Å². The number of para-hydroxylation sites is 1. The Morgan fingerprint density at radius 1 is 1.08 bits per heavy atom. The number of carboxylic acids is 1. The molecule has 4 aromatic rings. The van der Waals surface area contributed by atoms with Gasteiger partial charge in [0.1, 0.15) is 5.52 Å². The summed E-state index contributed by atoms with van der Waals surface area (Å²) in [5.74, 6) is -1.21. The van der Waals surface area contributed by atoms with Crippen molar-refractivity contribution in [1.82, 2.24) is 15.0 Å². The minimum Gasteiger partial charge on any atom is -0.481 e. The van der Waals surface area contributed by atoms with Crippen LogP contribution in [0.1, 0.15) is 48.7 Å². The third-order valence-corrected chi connectivity index (χ3v) is 7.09. The van der Waals surface area contributed by atoms with Gasteiger partial charge in [0.05, 0.1) is 24.5 Å². The summed E-state index contributed by atoms with van der Waals surface area (Å²) in [5, 5.41) is 17.7. The maximum absolute atomic E-state index is 13.9. The molecular formula is C28H26ClN5O4. The van der Waals surface area contributed by atoms with Gasteiger partial charge in [0, 0.05) is 34.9 Å². The van der Waals surface area contributed by atoms with Crippen LogP contribution in [0.15, 0.2) is 66.7 Å². The lowest BCUT2D eigenvalue weighted by Gasteiger charge is -2.43. The summed E-state index contributed by atoms with van der Waals surface area (Å²) < 4.78 is 1.52. The van der Waals surface area contributed by atoms with E-state index in [1.165, 1.54) is 11.6 Å². The number of nitrogens with zero attached hydrogens (tertiary/aromatic N) is 5. The van der Waals surface area contributed by atoms with Crippen LogP contribution in [0.2, 0.25) is 5.02 Å². The monoisotopic (exact) mass is 531 g/mol.